The van der Waals surface area contributed by atoms with Crippen LogP contribution in [0.25, 0.3) is 0 Å². The number of nitrogens with zero attached hydrogens (tertiary/aromatic N) is 1. The predicted octanol–water partition coefficient (Wildman–Crippen LogP) is -1.47. The lowest BCUT2D eigenvalue weighted by molar-refractivity contribution is -0.188. The van der Waals surface area contributed by atoms with Gasteiger partial charge in [-0.05, 0) is 39.1 Å². The van der Waals surface area contributed by atoms with Crippen molar-refractivity contribution in [1.82, 2.24) is 4.90 Å². The predicted molar refractivity (Wildman–Crippen MR) is 107 cm³/mol. The van der Waals surface area contributed by atoms with Crippen LogP contribution in [0.4, 0.5) is 0 Å². The fourth-order valence-electron chi connectivity index (χ4n) is 5.88. The summed E-state index contributed by atoms with van der Waals surface area (Å²) in [4.78, 5) is 66.4. The number of primary amides is 1. The molecule has 32 heavy (non-hydrogen) atoms. The van der Waals surface area contributed by atoms with Gasteiger partial charge in [0.25, 0.3) is 0 Å². The molecular weight excluding hydrogens is 420 g/mol. The van der Waals surface area contributed by atoms with E-state index in [2.05, 4.69) is 0 Å². The molecule has 10 nitrogen and oxygen atoms in total. The molecule has 10 heteroatoms. The second-order valence-electron chi connectivity index (χ2n) is 9.28. The van der Waals surface area contributed by atoms with Crippen LogP contribution in [0.5, 0.6) is 5.75 Å². The first kappa shape index (κ1) is 22.3. The molecule has 0 radical (unpaired) electrons. The highest BCUT2D eigenvalue weighted by Crippen LogP contribution is 2.55. The third kappa shape index (κ3) is 2.54. The van der Waals surface area contributed by atoms with Crippen LogP contribution in [0.15, 0.2) is 18.2 Å². The minimum Gasteiger partial charge on any atom is -0.507 e. The van der Waals surface area contributed by atoms with Gasteiger partial charge in [-0.25, -0.2) is 0 Å². The van der Waals surface area contributed by atoms with Gasteiger partial charge in [-0.2, -0.15) is 0 Å². The highest BCUT2D eigenvalue weighted by atomic mass is 16.3. The van der Waals surface area contributed by atoms with E-state index in [0.29, 0.717) is 0 Å². The molecule has 3 aliphatic carbocycles. The van der Waals surface area contributed by atoms with E-state index in [0.717, 1.165) is 0 Å². The van der Waals surface area contributed by atoms with E-state index in [9.17, 15) is 39.3 Å². The number of Topliss-reactive ketones (excluding diaryl/α,β-unsaturated/α-hetero) is 4. The molecule has 1 amide bonds. The minimum absolute atomic E-state index is 0.117. The second-order valence-corrected chi connectivity index (χ2v) is 9.28. The molecule has 2 saturated carbocycles. The number of phenolic OH excluding ortho intramolecular Hbond substituents is 1. The Balaban J connectivity index is 1.95. The third-order valence-electron chi connectivity index (χ3n) is 7.38. The normalized spacial score (nSPS) is 38.9. The number of phenols is 1. The van der Waals surface area contributed by atoms with E-state index in [1.54, 1.807) is 0 Å². The molecule has 0 aliphatic heterocycles. The average Bonchev–Trinajstić information content (AvgIpc) is 2.68. The third-order valence-corrected chi connectivity index (χ3v) is 7.38. The van der Waals surface area contributed by atoms with Crippen molar-refractivity contribution < 1.29 is 39.3 Å². The molecule has 2 fully saturated rings. The van der Waals surface area contributed by atoms with Gasteiger partial charge in [0.05, 0.1) is 23.1 Å². The maximum absolute atomic E-state index is 13.6. The standard InChI is InChI=1S/C22H24N2O8/c1-21(31)8-5-4-6-11(25)12(8)16(26)13-9(21)7-10-15(24(2)3)17(27)14(20(23)30)19(29)22(10,32)18(13)28/h4-6,9-10,13-15,25,31-32H,7H2,1-3H3,(H2,23,30)/t9-,10-,13?,14?,15+,21+,22+/m0/s1. The van der Waals surface area contributed by atoms with Gasteiger partial charge in [0.2, 0.25) is 5.91 Å². The van der Waals surface area contributed by atoms with Crippen molar-refractivity contribution >= 4 is 29.0 Å². The second kappa shape index (κ2) is 6.77. The number of hydrogen-bond acceptors (Lipinski definition) is 9. The lowest BCUT2D eigenvalue weighted by atomic mass is 9.49. The molecule has 0 heterocycles. The molecule has 5 N–H and O–H groups in total. The average molecular weight is 444 g/mol. The van der Waals surface area contributed by atoms with Crippen LogP contribution in [0.1, 0.15) is 29.3 Å². The molecule has 7 atom stereocenters. The summed E-state index contributed by atoms with van der Waals surface area (Å²) in [6.45, 7) is 1.39. The first-order valence-corrected chi connectivity index (χ1v) is 10.2. The Kier molecular flexibility index (Phi) is 4.71. The Bertz CT molecular complexity index is 1090. The molecular formula is C22H24N2O8. The van der Waals surface area contributed by atoms with Gasteiger partial charge in [0, 0.05) is 11.8 Å². The SMILES string of the molecule is CN(C)[C@H]1C(=O)C(C(N)=O)C(=O)[C@]2(O)C(=O)C3C(=O)c4c(O)cccc4[C@@](C)(O)[C@H]3C[C@@H]12. The van der Waals surface area contributed by atoms with Crippen molar-refractivity contribution in [3.8, 4) is 5.75 Å². The van der Waals surface area contributed by atoms with Crippen LogP contribution >= 0.6 is 0 Å². The van der Waals surface area contributed by atoms with E-state index in [1.807, 2.05) is 0 Å². The number of benzene rings is 1. The number of carbonyl (C=O) groups excluding carboxylic acids is 5. The molecule has 1 aromatic rings. The van der Waals surface area contributed by atoms with Gasteiger partial charge in [-0.1, -0.05) is 12.1 Å². The number of amides is 1. The Hall–Kier alpha value is -2.95. The van der Waals surface area contributed by atoms with Crippen LogP contribution in [-0.2, 0) is 24.8 Å². The lowest BCUT2D eigenvalue weighted by Crippen LogP contribution is -2.75. The zero-order valence-corrected chi connectivity index (χ0v) is 17.7. The minimum atomic E-state index is -2.82. The zero-order valence-electron chi connectivity index (χ0n) is 17.7. The monoisotopic (exact) mass is 444 g/mol. The van der Waals surface area contributed by atoms with Crippen molar-refractivity contribution in [3.05, 3.63) is 29.3 Å². The molecule has 0 bridgehead atoms. The number of hydrogen-bond donors (Lipinski definition) is 4. The quantitative estimate of drug-likeness (QED) is 0.397. The zero-order chi connectivity index (χ0) is 23.9. The van der Waals surface area contributed by atoms with Crippen LogP contribution < -0.4 is 5.73 Å². The molecule has 2 unspecified atom stereocenters. The Morgan fingerprint density at radius 1 is 1.09 bits per heavy atom. The topological polar surface area (TPSA) is 175 Å². The Morgan fingerprint density at radius 3 is 2.28 bits per heavy atom. The van der Waals surface area contributed by atoms with Gasteiger partial charge in [0.15, 0.2) is 34.7 Å². The first-order chi connectivity index (χ1) is 14.8. The molecule has 0 spiro atoms. The van der Waals surface area contributed by atoms with E-state index in [1.165, 1.54) is 44.1 Å². The smallest absolute Gasteiger partial charge is 0.235 e. The summed E-state index contributed by atoms with van der Waals surface area (Å²) in [5.74, 6) is -12.0. The van der Waals surface area contributed by atoms with Gasteiger partial charge in [-0.3, -0.25) is 28.9 Å². The molecule has 1 aromatic carbocycles. The number of ketones is 4. The highest BCUT2D eigenvalue weighted by Gasteiger charge is 2.71. The largest absolute Gasteiger partial charge is 0.507 e. The van der Waals surface area contributed by atoms with E-state index < -0.39 is 75.7 Å². The summed E-state index contributed by atoms with van der Waals surface area (Å²) in [5.41, 5.74) is 0.511. The van der Waals surface area contributed by atoms with Gasteiger partial charge < -0.3 is 21.1 Å². The number of aliphatic hydroxyl groups is 2. The van der Waals surface area contributed by atoms with Gasteiger partial charge in [0.1, 0.15) is 5.75 Å². The maximum Gasteiger partial charge on any atom is 0.235 e. The maximum atomic E-state index is 13.6. The molecule has 0 saturated heterocycles. The van der Waals surface area contributed by atoms with Crippen molar-refractivity contribution in [2.75, 3.05) is 14.1 Å². The summed E-state index contributed by atoms with van der Waals surface area (Å²) in [6.07, 6.45) is -0.230. The van der Waals surface area contributed by atoms with Crippen molar-refractivity contribution in [2.24, 2.45) is 29.4 Å². The van der Waals surface area contributed by atoms with Crippen molar-refractivity contribution in [1.29, 1.82) is 0 Å². The van der Waals surface area contributed by atoms with Crippen molar-refractivity contribution in [2.45, 2.75) is 30.6 Å². The fraction of sp³-hybridized carbons (Fsp3) is 0.500. The van der Waals surface area contributed by atoms with Crippen molar-refractivity contribution in [3.63, 3.8) is 0 Å². The van der Waals surface area contributed by atoms with E-state index >= 15 is 0 Å². The highest BCUT2D eigenvalue weighted by molar-refractivity contribution is 6.32. The summed E-state index contributed by atoms with van der Waals surface area (Å²) < 4.78 is 0. The molecule has 170 valence electrons. The number of aromatic hydroxyl groups is 1. The lowest BCUT2D eigenvalue weighted by Gasteiger charge is -2.55. The first-order valence-electron chi connectivity index (χ1n) is 10.2. The van der Waals surface area contributed by atoms with E-state index in [4.69, 9.17) is 5.73 Å². The van der Waals surface area contributed by atoms with Gasteiger partial charge in [-0.15, -0.1) is 0 Å². The molecule has 4 rings (SSSR count). The Morgan fingerprint density at radius 2 is 1.72 bits per heavy atom. The molecule has 3 aliphatic rings. The summed E-state index contributed by atoms with van der Waals surface area (Å²) in [7, 11) is 2.98. The summed E-state index contributed by atoms with van der Waals surface area (Å²) >= 11 is 0. The van der Waals surface area contributed by atoms with E-state index in [-0.39, 0.29) is 17.5 Å². The number of likely N-dealkylation sites (N-methyl/N-ethyl adjacent to an activating group) is 1. The molecule has 0 aromatic heterocycles. The number of nitrogens with two attached hydrogens (primary N) is 1. The fourth-order valence-corrected chi connectivity index (χ4v) is 5.88. The summed E-state index contributed by atoms with van der Waals surface area (Å²) in [6, 6.07) is 2.91. The Labute approximate surface area is 183 Å². The van der Waals surface area contributed by atoms with Crippen LogP contribution in [0.2, 0.25) is 0 Å². The van der Waals surface area contributed by atoms with Gasteiger partial charge >= 0.3 is 0 Å². The number of rotatable bonds is 2. The van der Waals surface area contributed by atoms with Crippen LogP contribution in [0, 0.1) is 23.7 Å². The van der Waals surface area contributed by atoms with Crippen LogP contribution in [0.3, 0.4) is 0 Å². The number of fused-ring (bicyclic) bond motifs is 3. The van der Waals surface area contributed by atoms with Crippen LogP contribution in [-0.4, -0.2) is 75.0 Å². The summed E-state index contributed by atoms with van der Waals surface area (Å²) in [5, 5.41) is 33.1. The number of carbonyl (C=O) groups is 5.